The molecule has 2 rings (SSSR count). The number of hydrogen-bond acceptors (Lipinski definition) is 3. The number of ether oxygens (including phenoxy) is 1. The molecule has 1 aromatic rings. The lowest BCUT2D eigenvalue weighted by atomic mass is 10.0. The minimum absolute atomic E-state index is 0.317. The number of benzene rings is 1. The van der Waals surface area contributed by atoms with Crippen LogP contribution in [-0.4, -0.2) is 38.2 Å². The summed E-state index contributed by atoms with van der Waals surface area (Å²) in [6.07, 6.45) is 5.55. The topological polar surface area (TPSA) is 24.5 Å². The quantitative estimate of drug-likeness (QED) is 0.831. The summed E-state index contributed by atoms with van der Waals surface area (Å²) in [6, 6.07) is 7.55. The third-order valence-electron chi connectivity index (χ3n) is 4.72. The fraction of sp³-hybridized carbons (Fsp3) is 0.667. The molecule has 118 valence electrons. The highest BCUT2D eigenvalue weighted by Gasteiger charge is 2.19. The van der Waals surface area contributed by atoms with Crippen LogP contribution in [0.25, 0.3) is 0 Å². The number of nitrogens with zero attached hydrogens (tertiary/aromatic N) is 1. The summed E-state index contributed by atoms with van der Waals surface area (Å²) in [6.45, 7) is 6.44. The fourth-order valence-electron chi connectivity index (χ4n) is 3.27. The van der Waals surface area contributed by atoms with Gasteiger partial charge < -0.3 is 15.0 Å². The van der Waals surface area contributed by atoms with Gasteiger partial charge in [-0.25, -0.2) is 0 Å². The summed E-state index contributed by atoms with van der Waals surface area (Å²) >= 11 is 0. The molecule has 1 aliphatic rings. The van der Waals surface area contributed by atoms with Crippen molar-refractivity contribution in [2.45, 2.75) is 51.6 Å². The van der Waals surface area contributed by atoms with Crippen molar-refractivity contribution in [3.8, 4) is 5.75 Å². The van der Waals surface area contributed by atoms with Crippen molar-refractivity contribution in [1.29, 1.82) is 0 Å². The van der Waals surface area contributed by atoms with Crippen LogP contribution >= 0.6 is 0 Å². The van der Waals surface area contributed by atoms with Gasteiger partial charge >= 0.3 is 0 Å². The average Bonchev–Trinajstić information content (AvgIpc) is 3.01. The lowest BCUT2D eigenvalue weighted by Crippen LogP contribution is -2.36. The van der Waals surface area contributed by atoms with Crippen molar-refractivity contribution in [3.05, 3.63) is 29.3 Å². The van der Waals surface area contributed by atoms with Gasteiger partial charge in [-0.2, -0.15) is 0 Å². The molecule has 1 N–H and O–H groups in total. The molecule has 1 fully saturated rings. The molecule has 21 heavy (non-hydrogen) atoms. The van der Waals surface area contributed by atoms with Crippen molar-refractivity contribution in [2.24, 2.45) is 0 Å². The maximum atomic E-state index is 5.51. The zero-order valence-corrected chi connectivity index (χ0v) is 14.0. The number of hydrogen-bond donors (Lipinski definition) is 1. The first-order valence-corrected chi connectivity index (χ1v) is 8.20. The van der Waals surface area contributed by atoms with Crippen LogP contribution < -0.4 is 10.1 Å². The number of aryl methyl sites for hydroxylation is 1. The van der Waals surface area contributed by atoms with E-state index in [9.17, 15) is 0 Å². The third-order valence-corrected chi connectivity index (χ3v) is 4.72. The standard InChI is InChI=1S/C18H30N2O/c1-14-9-10-17(18(13-14)21-4)15(2)19-11-12-20(3)16-7-5-6-8-16/h9-10,13,15-16,19H,5-8,11-12H2,1-4H3. The highest BCUT2D eigenvalue weighted by Crippen LogP contribution is 2.26. The maximum Gasteiger partial charge on any atom is 0.123 e. The lowest BCUT2D eigenvalue weighted by molar-refractivity contribution is 0.242. The molecule has 1 unspecified atom stereocenters. The maximum absolute atomic E-state index is 5.51. The second-order valence-corrected chi connectivity index (χ2v) is 6.34. The Morgan fingerprint density at radius 2 is 2.05 bits per heavy atom. The van der Waals surface area contributed by atoms with Crippen molar-refractivity contribution in [3.63, 3.8) is 0 Å². The zero-order valence-electron chi connectivity index (χ0n) is 14.0. The van der Waals surface area contributed by atoms with E-state index in [0.717, 1.165) is 24.9 Å². The Morgan fingerprint density at radius 1 is 1.33 bits per heavy atom. The molecule has 0 radical (unpaired) electrons. The van der Waals surface area contributed by atoms with Crippen LogP contribution in [0.15, 0.2) is 18.2 Å². The normalized spacial score (nSPS) is 17.4. The van der Waals surface area contributed by atoms with E-state index in [1.54, 1.807) is 7.11 Å². The first-order chi connectivity index (χ1) is 10.1. The number of rotatable bonds is 7. The van der Waals surface area contributed by atoms with Crippen molar-refractivity contribution in [2.75, 3.05) is 27.2 Å². The molecule has 1 saturated carbocycles. The molecule has 0 saturated heterocycles. The smallest absolute Gasteiger partial charge is 0.123 e. The van der Waals surface area contributed by atoms with Crippen LogP contribution in [0.3, 0.4) is 0 Å². The molecule has 0 amide bonds. The van der Waals surface area contributed by atoms with Gasteiger partial charge in [0.05, 0.1) is 7.11 Å². The molecule has 0 aliphatic heterocycles. The Kier molecular flexibility index (Phi) is 6.07. The molecule has 1 aliphatic carbocycles. The first-order valence-electron chi connectivity index (χ1n) is 8.20. The summed E-state index contributed by atoms with van der Waals surface area (Å²) in [5, 5.41) is 3.63. The van der Waals surface area contributed by atoms with Crippen LogP contribution in [-0.2, 0) is 0 Å². The van der Waals surface area contributed by atoms with Gasteiger partial charge in [0, 0.05) is 30.7 Å². The van der Waals surface area contributed by atoms with Gasteiger partial charge in [-0.1, -0.05) is 25.0 Å². The Bertz CT molecular complexity index is 441. The molecule has 0 bridgehead atoms. The Morgan fingerprint density at radius 3 is 2.71 bits per heavy atom. The summed E-state index contributed by atoms with van der Waals surface area (Å²) in [7, 11) is 4.01. The largest absolute Gasteiger partial charge is 0.496 e. The highest BCUT2D eigenvalue weighted by molar-refractivity contribution is 5.39. The van der Waals surface area contributed by atoms with E-state index in [2.05, 4.69) is 49.3 Å². The minimum Gasteiger partial charge on any atom is -0.496 e. The van der Waals surface area contributed by atoms with Crippen LogP contribution in [0.2, 0.25) is 0 Å². The molecular weight excluding hydrogens is 260 g/mol. The van der Waals surface area contributed by atoms with Crippen LogP contribution in [0, 0.1) is 6.92 Å². The summed E-state index contributed by atoms with van der Waals surface area (Å²) in [4.78, 5) is 2.51. The van der Waals surface area contributed by atoms with E-state index < -0.39 is 0 Å². The zero-order chi connectivity index (χ0) is 15.2. The van der Waals surface area contributed by atoms with Gasteiger partial charge in [-0.15, -0.1) is 0 Å². The number of nitrogens with one attached hydrogen (secondary N) is 1. The van der Waals surface area contributed by atoms with Gasteiger partial charge in [0.1, 0.15) is 5.75 Å². The summed E-state index contributed by atoms with van der Waals surface area (Å²) < 4.78 is 5.51. The van der Waals surface area contributed by atoms with E-state index in [-0.39, 0.29) is 0 Å². The first kappa shape index (κ1) is 16.3. The average molecular weight is 290 g/mol. The summed E-state index contributed by atoms with van der Waals surface area (Å²) in [5.74, 6) is 0.985. The Hall–Kier alpha value is -1.06. The van der Waals surface area contributed by atoms with E-state index in [1.165, 1.54) is 36.8 Å². The van der Waals surface area contributed by atoms with Gasteiger partial charge in [-0.3, -0.25) is 0 Å². The van der Waals surface area contributed by atoms with Gasteiger partial charge in [0.25, 0.3) is 0 Å². The predicted octanol–water partition coefficient (Wildman–Crippen LogP) is 3.53. The van der Waals surface area contributed by atoms with E-state index in [4.69, 9.17) is 4.74 Å². The highest BCUT2D eigenvalue weighted by atomic mass is 16.5. The minimum atomic E-state index is 0.317. The van der Waals surface area contributed by atoms with Crippen molar-refractivity contribution in [1.82, 2.24) is 10.2 Å². The summed E-state index contributed by atoms with van der Waals surface area (Å²) in [5.41, 5.74) is 2.48. The molecule has 3 nitrogen and oxygen atoms in total. The van der Waals surface area contributed by atoms with E-state index in [0.29, 0.717) is 6.04 Å². The SMILES string of the molecule is COc1cc(C)ccc1C(C)NCCN(C)C1CCCC1. The van der Waals surface area contributed by atoms with E-state index >= 15 is 0 Å². The second-order valence-electron chi connectivity index (χ2n) is 6.34. The molecule has 0 spiro atoms. The van der Waals surface area contributed by atoms with Gasteiger partial charge in [0.2, 0.25) is 0 Å². The number of likely N-dealkylation sites (N-methyl/N-ethyl adjacent to an activating group) is 1. The van der Waals surface area contributed by atoms with E-state index in [1.807, 2.05) is 0 Å². The fourth-order valence-corrected chi connectivity index (χ4v) is 3.27. The third kappa shape index (κ3) is 4.45. The molecule has 1 atom stereocenters. The van der Waals surface area contributed by atoms with Crippen LogP contribution in [0.5, 0.6) is 5.75 Å². The molecular formula is C18H30N2O. The van der Waals surface area contributed by atoms with Crippen molar-refractivity contribution < 1.29 is 4.74 Å². The Balaban J connectivity index is 1.82. The second kappa shape index (κ2) is 7.81. The number of methoxy groups -OCH3 is 1. The molecule has 1 aromatic carbocycles. The Labute approximate surface area is 129 Å². The van der Waals surface area contributed by atoms with Crippen LogP contribution in [0.1, 0.15) is 49.8 Å². The van der Waals surface area contributed by atoms with Gasteiger partial charge in [0.15, 0.2) is 0 Å². The van der Waals surface area contributed by atoms with Crippen LogP contribution in [0.4, 0.5) is 0 Å². The molecule has 0 aromatic heterocycles. The molecule has 0 heterocycles. The molecule has 3 heteroatoms. The lowest BCUT2D eigenvalue weighted by Gasteiger charge is -2.25. The van der Waals surface area contributed by atoms with Gasteiger partial charge in [-0.05, 0) is 45.4 Å². The van der Waals surface area contributed by atoms with Crippen molar-refractivity contribution >= 4 is 0 Å². The monoisotopic (exact) mass is 290 g/mol. The predicted molar refractivity (Wildman–Crippen MR) is 89.0 cm³/mol.